The van der Waals surface area contributed by atoms with Crippen molar-refractivity contribution in [1.82, 2.24) is 0 Å². The number of benzene rings is 1. The van der Waals surface area contributed by atoms with E-state index in [1.165, 1.54) is 4.90 Å². The molecule has 3 heterocycles. The number of methoxy groups -OCH3 is 1. The van der Waals surface area contributed by atoms with E-state index in [0.717, 1.165) is 0 Å². The average molecular weight is 299 g/mol. The lowest BCUT2D eigenvalue weighted by Gasteiger charge is -2.25. The molecular weight excluding hydrogens is 282 g/mol. The Kier molecular flexibility index (Phi) is 2.45. The summed E-state index contributed by atoms with van der Waals surface area (Å²) in [5, 5.41) is 0. The van der Waals surface area contributed by atoms with E-state index < -0.39 is 23.0 Å². The summed E-state index contributed by atoms with van der Waals surface area (Å²) in [4.78, 5) is 27.0. The van der Waals surface area contributed by atoms with Gasteiger partial charge in [-0.05, 0) is 38.1 Å². The third-order valence-corrected chi connectivity index (χ3v) is 5.06. The molecule has 22 heavy (non-hydrogen) atoms. The molecule has 0 aliphatic carbocycles. The van der Waals surface area contributed by atoms with Crippen LogP contribution in [0, 0.1) is 11.8 Å². The minimum Gasteiger partial charge on any atom is -0.497 e. The first-order valence-corrected chi connectivity index (χ1v) is 7.32. The molecule has 4 atom stereocenters. The zero-order valence-corrected chi connectivity index (χ0v) is 12.7. The van der Waals surface area contributed by atoms with Crippen LogP contribution in [0.3, 0.4) is 0 Å². The Bertz CT molecular complexity index is 674. The lowest BCUT2D eigenvalue weighted by atomic mass is 9.73. The van der Waals surface area contributed by atoms with Gasteiger partial charge in [-0.25, -0.2) is 4.90 Å². The summed E-state index contributed by atoms with van der Waals surface area (Å²) in [7, 11) is 1.58. The molecule has 5 nitrogen and oxygen atoms in total. The maximum Gasteiger partial charge on any atom is 0.241 e. The zero-order valence-electron chi connectivity index (χ0n) is 12.7. The van der Waals surface area contributed by atoms with Gasteiger partial charge in [-0.1, -0.05) is 12.2 Å². The average Bonchev–Trinajstić information content (AvgIpc) is 3.04. The predicted molar refractivity (Wildman–Crippen MR) is 79.5 cm³/mol. The normalized spacial score (nSPS) is 38.8. The van der Waals surface area contributed by atoms with E-state index in [1.807, 2.05) is 26.0 Å². The van der Waals surface area contributed by atoms with Gasteiger partial charge in [0.25, 0.3) is 0 Å². The number of hydrogen-bond acceptors (Lipinski definition) is 4. The van der Waals surface area contributed by atoms with E-state index in [1.54, 1.807) is 31.4 Å². The van der Waals surface area contributed by atoms with Gasteiger partial charge in [-0.3, -0.25) is 9.59 Å². The monoisotopic (exact) mass is 299 g/mol. The smallest absolute Gasteiger partial charge is 0.241 e. The quantitative estimate of drug-likeness (QED) is 0.618. The minimum absolute atomic E-state index is 0.184. The first-order chi connectivity index (χ1) is 10.4. The number of carbonyl (C=O) groups is 2. The number of imide groups is 1. The topological polar surface area (TPSA) is 55.8 Å². The SMILES string of the molecule is COc1ccc(N2C(=O)[C@H]3[C@H](C2=O)[C@]2(C)C=C[C@]3(C)O2)cc1. The summed E-state index contributed by atoms with van der Waals surface area (Å²) in [6.07, 6.45) is 3.83. The van der Waals surface area contributed by atoms with Gasteiger partial charge in [0, 0.05) is 0 Å². The predicted octanol–water partition coefficient (Wildman–Crippen LogP) is 1.92. The third-order valence-electron chi connectivity index (χ3n) is 5.06. The highest BCUT2D eigenvalue weighted by Crippen LogP contribution is 2.57. The van der Waals surface area contributed by atoms with E-state index in [2.05, 4.69) is 0 Å². The van der Waals surface area contributed by atoms with E-state index >= 15 is 0 Å². The summed E-state index contributed by atoms with van der Waals surface area (Å²) in [6, 6.07) is 6.96. The Morgan fingerprint density at radius 1 is 1.00 bits per heavy atom. The molecule has 4 rings (SSSR count). The highest BCUT2D eigenvalue weighted by atomic mass is 16.5. The minimum atomic E-state index is -0.687. The van der Waals surface area contributed by atoms with Crippen molar-refractivity contribution in [2.75, 3.05) is 12.0 Å². The molecule has 114 valence electrons. The Hall–Kier alpha value is -2.14. The molecule has 0 N–H and O–H groups in total. The van der Waals surface area contributed by atoms with E-state index in [-0.39, 0.29) is 11.8 Å². The van der Waals surface area contributed by atoms with Crippen molar-refractivity contribution in [2.24, 2.45) is 11.8 Å². The number of amides is 2. The van der Waals surface area contributed by atoms with Gasteiger partial charge in [0.15, 0.2) is 0 Å². The van der Waals surface area contributed by atoms with Crippen molar-refractivity contribution in [3.63, 3.8) is 0 Å². The molecule has 0 saturated carbocycles. The fourth-order valence-electron chi connectivity index (χ4n) is 4.02. The first-order valence-electron chi connectivity index (χ1n) is 7.32. The first kappa shape index (κ1) is 13.5. The van der Waals surface area contributed by atoms with Gasteiger partial charge in [0.1, 0.15) is 5.75 Å². The van der Waals surface area contributed by atoms with Crippen molar-refractivity contribution in [3.05, 3.63) is 36.4 Å². The van der Waals surface area contributed by atoms with Crippen LogP contribution in [0.5, 0.6) is 5.75 Å². The molecule has 3 aliphatic rings. The third kappa shape index (κ3) is 1.47. The molecule has 1 aromatic rings. The lowest BCUT2D eigenvalue weighted by molar-refractivity contribution is -0.128. The summed E-state index contributed by atoms with van der Waals surface area (Å²) in [5.74, 6) is -0.576. The van der Waals surface area contributed by atoms with Crippen LogP contribution in [0.1, 0.15) is 13.8 Å². The maximum atomic E-state index is 12.8. The zero-order chi connectivity index (χ0) is 15.7. The van der Waals surface area contributed by atoms with E-state index in [4.69, 9.17) is 9.47 Å². The van der Waals surface area contributed by atoms with Crippen molar-refractivity contribution < 1.29 is 19.1 Å². The fourth-order valence-corrected chi connectivity index (χ4v) is 4.02. The molecule has 0 spiro atoms. The van der Waals surface area contributed by atoms with Crippen molar-refractivity contribution in [1.29, 1.82) is 0 Å². The van der Waals surface area contributed by atoms with Crippen molar-refractivity contribution >= 4 is 17.5 Å². The van der Waals surface area contributed by atoms with Crippen LogP contribution in [-0.2, 0) is 14.3 Å². The molecule has 2 bridgehead atoms. The molecule has 0 unspecified atom stereocenters. The maximum absolute atomic E-state index is 12.8. The van der Waals surface area contributed by atoms with Gasteiger partial charge in [0.2, 0.25) is 11.8 Å². The fraction of sp³-hybridized carbons (Fsp3) is 0.412. The largest absolute Gasteiger partial charge is 0.497 e. The number of hydrogen-bond donors (Lipinski definition) is 0. The number of anilines is 1. The Morgan fingerprint density at radius 3 is 1.95 bits per heavy atom. The molecule has 2 fully saturated rings. The van der Waals surface area contributed by atoms with Crippen molar-refractivity contribution in [3.8, 4) is 5.75 Å². The number of ether oxygens (including phenoxy) is 2. The molecule has 2 saturated heterocycles. The van der Waals surface area contributed by atoms with Gasteiger partial charge in [-0.2, -0.15) is 0 Å². The number of fused-ring (bicyclic) bond motifs is 5. The molecule has 3 aliphatic heterocycles. The Labute approximate surface area is 128 Å². The summed E-state index contributed by atoms with van der Waals surface area (Å²) in [5.41, 5.74) is -0.794. The number of rotatable bonds is 2. The summed E-state index contributed by atoms with van der Waals surface area (Å²) >= 11 is 0. The van der Waals surface area contributed by atoms with Crippen LogP contribution in [0.4, 0.5) is 5.69 Å². The Morgan fingerprint density at radius 2 is 1.50 bits per heavy atom. The van der Waals surface area contributed by atoms with Crippen molar-refractivity contribution in [2.45, 2.75) is 25.0 Å². The second-order valence-corrected chi connectivity index (χ2v) is 6.47. The number of nitrogens with zero attached hydrogens (tertiary/aromatic N) is 1. The standard InChI is InChI=1S/C17H17NO4/c1-16-8-9-17(2,22-16)13-12(16)14(19)18(15(13)20)10-4-6-11(21-3)7-5-10/h4-9,12-13H,1-3H3/t12-,13-,16+,17+/m1/s1. The Balaban J connectivity index is 1.76. The second-order valence-electron chi connectivity index (χ2n) is 6.47. The van der Waals surface area contributed by atoms with Crippen LogP contribution in [0.15, 0.2) is 36.4 Å². The van der Waals surface area contributed by atoms with E-state index in [9.17, 15) is 9.59 Å². The molecule has 5 heteroatoms. The molecule has 1 aromatic carbocycles. The van der Waals surface area contributed by atoms with E-state index in [0.29, 0.717) is 11.4 Å². The summed E-state index contributed by atoms with van der Waals surface area (Å²) in [6.45, 7) is 3.75. The van der Waals surface area contributed by atoms with Gasteiger partial charge in [-0.15, -0.1) is 0 Å². The van der Waals surface area contributed by atoms with Crippen LogP contribution in [-0.4, -0.2) is 30.1 Å². The van der Waals surface area contributed by atoms with Crippen LogP contribution < -0.4 is 9.64 Å². The number of carbonyl (C=O) groups excluding carboxylic acids is 2. The van der Waals surface area contributed by atoms with Gasteiger partial charge in [0.05, 0.1) is 35.8 Å². The van der Waals surface area contributed by atoms with Crippen LogP contribution in [0.2, 0.25) is 0 Å². The van der Waals surface area contributed by atoms with Crippen LogP contribution in [0.25, 0.3) is 0 Å². The molecule has 0 radical (unpaired) electrons. The lowest BCUT2D eigenvalue weighted by Crippen LogP contribution is -2.39. The second kappa shape index (κ2) is 3.98. The molecule has 0 aromatic heterocycles. The van der Waals surface area contributed by atoms with Gasteiger partial charge < -0.3 is 9.47 Å². The van der Waals surface area contributed by atoms with Gasteiger partial charge >= 0.3 is 0 Å². The highest BCUT2D eigenvalue weighted by Gasteiger charge is 2.70. The molecular formula is C17H17NO4. The molecule has 2 amide bonds. The highest BCUT2D eigenvalue weighted by molar-refractivity contribution is 6.23. The summed E-state index contributed by atoms with van der Waals surface area (Å²) < 4.78 is 11.1. The van der Waals surface area contributed by atoms with Crippen LogP contribution >= 0.6 is 0 Å².